The molecule has 1 fully saturated rings. The summed E-state index contributed by atoms with van der Waals surface area (Å²) in [5.74, 6) is -0.466. The largest absolute Gasteiger partial charge is 0.477 e. The fourth-order valence-electron chi connectivity index (χ4n) is 5.03. The first-order valence-corrected chi connectivity index (χ1v) is 13.2. The van der Waals surface area contributed by atoms with Crippen molar-refractivity contribution in [3.63, 3.8) is 0 Å². The zero-order valence-electron chi connectivity index (χ0n) is 22.7. The number of carbonyl (C=O) groups excluding carboxylic acids is 1. The number of hydrogen-bond acceptors (Lipinski definition) is 6. The Balaban J connectivity index is 1.47. The van der Waals surface area contributed by atoms with E-state index in [4.69, 9.17) is 21.0 Å². The van der Waals surface area contributed by atoms with Crippen molar-refractivity contribution >= 4 is 40.4 Å². The minimum atomic E-state index is -1.07. The second-order valence-electron chi connectivity index (χ2n) is 11.5. The lowest BCUT2D eigenvalue weighted by Crippen LogP contribution is -2.61. The number of carboxylic acid groups (broad SMARTS) is 1. The maximum atomic E-state index is 13.8. The van der Waals surface area contributed by atoms with Crippen LogP contribution >= 0.6 is 11.6 Å². The summed E-state index contributed by atoms with van der Waals surface area (Å²) in [4.78, 5) is 38.1. The number of pyridine rings is 2. The lowest BCUT2D eigenvalue weighted by atomic mass is 9.86. The normalized spacial score (nSPS) is 15.5. The quantitative estimate of drug-likeness (QED) is 0.321. The highest BCUT2D eigenvalue weighted by molar-refractivity contribution is 6.30. The zero-order chi connectivity index (χ0) is 28.1. The van der Waals surface area contributed by atoms with Gasteiger partial charge < -0.3 is 19.3 Å². The number of carbonyl (C=O) groups is 2. The molecule has 4 heterocycles. The van der Waals surface area contributed by atoms with Gasteiger partial charge in [-0.2, -0.15) is 0 Å². The summed E-state index contributed by atoms with van der Waals surface area (Å²) in [6.07, 6.45) is 0. The van der Waals surface area contributed by atoms with Crippen LogP contribution in [0.15, 0.2) is 59.0 Å². The number of anilines is 1. The van der Waals surface area contributed by atoms with Gasteiger partial charge in [0, 0.05) is 41.9 Å². The first-order valence-electron chi connectivity index (χ1n) is 12.8. The first-order chi connectivity index (χ1) is 18.3. The van der Waals surface area contributed by atoms with E-state index >= 15 is 0 Å². The monoisotopic (exact) mass is 546 g/mol. The summed E-state index contributed by atoms with van der Waals surface area (Å²) in [7, 11) is 0. The smallest absolute Gasteiger partial charge is 0.354 e. The van der Waals surface area contributed by atoms with Gasteiger partial charge in [0.15, 0.2) is 17.0 Å². The summed E-state index contributed by atoms with van der Waals surface area (Å²) in [6, 6.07) is 16.2. The van der Waals surface area contributed by atoms with Gasteiger partial charge in [0.1, 0.15) is 11.3 Å². The van der Waals surface area contributed by atoms with Crippen molar-refractivity contribution < 1.29 is 19.1 Å². The molecule has 1 aromatic carbocycles. The minimum absolute atomic E-state index is 0.00814. The number of amides is 1. The van der Waals surface area contributed by atoms with Crippen LogP contribution in [0.25, 0.3) is 22.4 Å². The Morgan fingerprint density at radius 3 is 2.38 bits per heavy atom. The number of carboxylic acids is 1. The van der Waals surface area contributed by atoms with Crippen molar-refractivity contribution in [3.8, 4) is 11.3 Å². The van der Waals surface area contributed by atoms with E-state index in [1.807, 2.05) is 49.1 Å². The number of piperazine rings is 1. The van der Waals surface area contributed by atoms with Crippen molar-refractivity contribution in [2.45, 2.75) is 45.6 Å². The summed E-state index contributed by atoms with van der Waals surface area (Å²) >= 11 is 6.09. The molecule has 3 aromatic heterocycles. The summed E-state index contributed by atoms with van der Waals surface area (Å²) < 4.78 is 6.23. The number of aromatic nitrogens is 2. The Labute approximate surface area is 232 Å². The van der Waals surface area contributed by atoms with E-state index in [2.05, 4.69) is 25.8 Å². The highest BCUT2D eigenvalue weighted by Gasteiger charge is 2.39. The van der Waals surface area contributed by atoms with Crippen molar-refractivity contribution in [1.29, 1.82) is 0 Å². The summed E-state index contributed by atoms with van der Waals surface area (Å²) in [5, 5.41) is 9.97. The van der Waals surface area contributed by atoms with Gasteiger partial charge in [-0.3, -0.25) is 4.79 Å². The Hall–Kier alpha value is -3.91. The van der Waals surface area contributed by atoms with E-state index in [1.165, 1.54) is 6.07 Å². The molecule has 0 radical (unpaired) electrons. The molecule has 202 valence electrons. The van der Waals surface area contributed by atoms with Crippen LogP contribution in [0.1, 0.15) is 61.2 Å². The predicted molar refractivity (Wildman–Crippen MR) is 152 cm³/mol. The van der Waals surface area contributed by atoms with Gasteiger partial charge in [-0.25, -0.2) is 14.8 Å². The lowest BCUT2D eigenvalue weighted by Gasteiger charge is -2.47. The van der Waals surface area contributed by atoms with Crippen LogP contribution in [-0.4, -0.2) is 57.0 Å². The second-order valence-corrected chi connectivity index (χ2v) is 12.0. The maximum Gasteiger partial charge on any atom is 0.354 e. The summed E-state index contributed by atoms with van der Waals surface area (Å²) in [6.45, 7) is 11.7. The minimum Gasteiger partial charge on any atom is -0.477 e. The predicted octanol–water partition coefficient (Wildman–Crippen LogP) is 6.28. The average Bonchev–Trinajstić information content (AvgIpc) is 3.31. The second kappa shape index (κ2) is 9.68. The highest BCUT2D eigenvalue weighted by atomic mass is 35.5. The van der Waals surface area contributed by atoms with Crippen molar-refractivity contribution in [2.24, 2.45) is 0 Å². The van der Waals surface area contributed by atoms with E-state index < -0.39 is 11.5 Å². The molecule has 5 rings (SSSR count). The number of aromatic carboxylic acids is 1. The third kappa shape index (κ3) is 5.21. The van der Waals surface area contributed by atoms with Crippen LogP contribution in [0.4, 0.5) is 5.82 Å². The molecule has 9 heteroatoms. The SMILES string of the molecule is CC(C)(C)c1cc(-c2ccc(Cl)cc2)nc2cc(C(=O)N3CCN(c4cccc(C(=O)O)n4)CC3(C)C)oc12. The molecule has 0 bridgehead atoms. The van der Waals surface area contributed by atoms with Crippen molar-refractivity contribution in [2.75, 3.05) is 24.5 Å². The van der Waals surface area contributed by atoms with E-state index in [0.29, 0.717) is 41.6 Å². The molecule has 1 aliphatic heterocycles. The molecular formula is C30H31ClN4O4. The molecule has 1 saturated heterocycles. The van der Waals surface area contributed by atoms with Crippen LogP contribution in [-0.2, 0) is 5.41 Å². The van der Waals surface area contributed by atoms with Crippen molar-refractivity contribution in [3.05, 3.63) is 76.6 Å². The van der Waals surface area contributed by atoms with Crippen LogP contribution in [0.5, 0.6) is 0 Å². The van der Waals surface area contributed by atoms with Gasteiger partial charge in [-0.05, 0) is 49.6 Å². The number of fused-ring (bicyclic) bond motifs is 1. The molecule has 0 aliphatic carbocycles. The fourth-order valence-corrected chi connectivity index (χ4v) is 5.16. The van der Waals surface area contributed by atoms with E-state index in [-0.39, 0.29) is 22.8 Å². The van der Waals surface area contributed by atoms with Gasteiger partial charge in [0.2, 0.25) is 0 Å². The number of rotatable bonds is 4. The van der Waals surface area contributed by atoms with E-state index in [9.17, 15) is 14.7 Å². The number of furan rings is 1. The molecule has 0 saturated carbocycles. The third-order valence-corrected chi connectivity index (χ3v) is 7.31. The van der Waals surface area contributed by atoms with E-state index in [0.717, 1.165) is 16.8 Å². The molecule has 8 nitrogen and oxygen atoms in total. The Kier molecular flexibility index (Phi) is 6.63. The standard InChI is InChI=1S/C30H31ClN4O4/c1-29(2,3)20-15-22(18-9-11-19(31)12-10-18)32-23-16-24(39-26(20)23)27(36)35-14-13-34(17-30(35,4)5)25-8-6-7-21(33-25)28(37)38/h6-12,15-16H,13-14,17H2,1-5H3,(H,37,38). The zero-order valence-corrected chi connectivity index (χ0v) is 23.4. The van der Waals surface area contributed by atoms with Crippen molar-refractivity contribution in [1.82, 2.24) is 14.9 Å². The molecule has 1 N–H and O–H groups in total. The Morgan fingerprint density at radius 1 is 1.03 bits per heavy atom. The van der Waals surface area contributed by atoms with Crippen LogP contribution in [0.2, 0.25) is 5.02 Å². The summed E-state index contributed by atoms with van der Waals surface area (Å²) in [5.41, 5.74) is 3.09. The molecule has 0 spiro atoms. The lowest BCUT2D eigenvalue weighted by molar-refractivity contribution is 0.0483. The number of nitrogens with zero attached hydrogens (tertiary/aromatic N) is 4. The molecule has 39 heavy (non-hydrogen) atoms. The Bertz CT molecular complexity index is 1570. The molecule has 0 atom stereocenters. The van der Waals surface area contributed by atoms with Gasteiger partial charge in [0.05, 0.1) is 11.2 Å². The maximum absolute atomic E-state index is 13.8. The average molecular weight is 547 g/mol. The Morgan fingerprint density at radius 2 is 1.74 bits per heavy atom. The molecule has 0 unspecified atom stereocenters. The molecule has 1 aliphatic rings. The number of hydrogen-bond donors (Lipinski definition) is 1. The third-order valence-electron chi connectivity index (χ3n) is 7.06. The van der Waals surface area contributed by atoms with Gasteiger partial charge in [-0.15, -0.1) is 0 Å². The fraction of sp³-hybridized carbons (Fsp3) is 0.333. The van der Waals surface area contributed by atoms with E-state index in [1.54, 1.807) is 23.1 Å². The highest BCUT2D eigenvalue weighted by Crippen LogP contribution is 2.36. The van der Waals surface area contributed by atoms with Gasteiger partial charge >= 0.3 is 5.97 Å². The molecule has 1 amide bonds. The van der Waals surface area contributed by atoms with Gasteiger partial charge in [0.25, 0.3) is 5.91 Å². The number of halogens is 1. The van der Waals surface area contributed by atoms with Gasteiger partial charge in [-0.1, -0.05) is 50.6 Å². The van der Waals surface area contributed by atoms with Crippen LogP contribution in [0.3, 0.4) is 0 Å². The topological polar surface area (TPSA) is 99.8 Å². The van der Waals surface area contributed by atoms with Crippen LogP contribution in [0, 0.1) is 0 Å². The van der Waals surface area contributed by atoms with Crippen LogP contribution < -0.4 is 4.90 Å². The number of benzene rings is 1. The molecular weight excluding hydrogens is 516 g/mol. The first kappa shape index (κ1) is 26.7. The molecule has 4 aromatic rings.